The van der Waals surface area contributed by atoms with Gasteiger partial charge in [0, 0.05) is 30.8 Å². The third kappa shape index (κ3) is 4.73. The van der Waals surface area contributed by atoms with Gasteiger partial charge in [0.1, 0.15) is 5.15 Å². The van der Waals surface area contributed by atoms with Crippen LogP contribution in [0.15, 0.2) is 6.07 Å². The number of carbonyl (C=O) groups excluding carboxylic acids is 2. The Morgan fingerprint density at radius 2 is 1.95 bits per heavy atom. The van der Waals surface area contributed by atoms with Crippen LogP contribution in [0, 0.1) is 5.92 Å². The average molecular weight is 538 g/mol. The van der Waals surface area contributed by atoms with Crippen LogP contribution in [-0.2, 0) is 33.7 Å². The van der Waals surface area contributed by atoms with Crippen LogP contribution in [0.4, 0.5) is 25.1 Å². The molecule has 1 fully saturated rings. The minimum atomic E-state index is -2.76. The second-order valence-corrected chi connectivity index (χ2v) is 10.1. The van der Waals surface area contributed by atoms with Crippen LogP contribution in [-0.4, -0.2) is 59.0 Å². The van der Waals surface area contributed by atoms with E-state index in [-0.39, 0.29) is 28.6 Å². The SMILES string of the molecule is COC(=O)[C@@H]1CCC[C@@H](n2nc(N3CCCc4nc(Cl)c(C(F)F)cc43)c3c2CCN(C(=O)OC)C3)C1. The molecular formula is C25H30ClF2N5O4. The van der Waals surface area contributed by atoms with E-state index in [0.717, 1.165) is 36.9 Å². The number of amides is 1. The van der Waals surface area contributed by atoms with E-state index in [2.05, 4.69) is 4.98 Å². The number of aromatic nitrogens is 3. The first-order valence-corrected chi connectivity index (χ1v) is 13.0. The quantitative estimate of drug-likeness (QED) is 0.401. The van der Waals surface area contributed by atoms with Crippen LogP contribution in [0.5, 0.6) is 0 Å². The zero-order valence-electron chi connectivity index (χ0n) is 20.9. The molecular weight excluding hydrogens is 508 g/mol. The number of aryl methyl sites for hydroxylation is 1. The van der Waals surface area contributed by atoms with E-state index >= 15 is 0 Å². The number of pyridine rings is 1. The number of alkyl halides is 2. The minimum absolute atomic E-state index is 0.00532. The predicted molar refractivity (Wildman–Crippen MR) is 131 cm³/mol. The van der Waals surface area contributed by atoms with Gasteiger partial charge >= 0.3 is 12.1 Å². The lowest BCUT2D eigenvalue weighted by molar-refractivity contribution is -0.147. The van der Waals surface area contributed by atoms with Crippen LogP contribution < -0.4 is 4.90 Å². The van der Waals surface area contributed by atoms with Crippen LogP contribution in [0.2, 0.25) is 5.15 Å². The highest BCUT2D eigenvalue weighted by Crippen LogP contribution is 2.42. The zero-order chi connectivity index (χ0) is 26.3. The highest BCUT2D eigenvalue weighted by molar-refractivity contribution is 6.30. The third-order valence-corrected chi connectivity index (χ3v) is 7.96. The summed E-state index contributed by atoms with van der Waals surface area (Å²) in [6.45, 7) is 1.33. The summed E-state index contributed by atoms with van der Waals surface area (Å²) in [5, 5.41) is 4.85. The fraction of sp³-hybridized carbons (Fsp3) is 0.600. The van der Waals surface area contributed by atoms with Crippen LogP contribution in [0.1, 0.15) is 67.1 Å². The number of hydrogen-bond donors (Lipinski definition) is 0. The maximum Gasteiger partial charge on any atom is 0.409 e. The molecule has 2 aromatic rings. The summed E-state index contributed by atoms with van der Waals surface area (Å²) in [6, 6.07) is 1.41. The van der Waals surface area contributed by atoms with Crippen molar-refractivity contribution in [2.75, 3.05) is 32.2 Å². The Bertz CT molecular complexity index is 1210. The molecule has 12 heteroatoms. The molecule has 9 nitrogen and oxygen atoms in total. The third-order valence-electron chi connectivity index (χ3n) is 7.66. The van der Waals surface area contributed by atoms with Crippen molar-refractivity contribution in [3.63, 3.8) is 0 Å². The van der Waals surface area contributed by atoms with Gasteiger partial charge in [0.05, 0.1) is 49.7 Å². The highest BCUT2D eigenvalue weighted by atomic mass is 35.5. The fourth-order valence-electron chi connectivity index (χ4n) is 5.85. The van der Waals surface area contributed by atoms with Crippen LogP contribution in [0.25, 0.3) is 0 Å². The Morgan fingerprint density at radius 3 is 2.68 bits per heavy atom. The predicted octanol–water partition coefficient (Wildman–Crippen LogP) is 4.98. The summed E-state index contributed by atoms with van der Waals surface area (Å²) in [5.41, 5.74) is 2.75. The number of esters is 1. The lowest BCUT2D eigenvalue weighted by Gasteiger charge is -2.32. The van der Waals surface area contributed by atoms with Crippen molar-refractivity contribution in [2.24, 2.45) is 5.92 Å². The molecule has 1 saturated carbocycles. The van der Waals surface area contributed by atoms with Crippen molar-refractivity contribution in [1.82, 2.24) is 19.7 Å². The maximum atomic E-state index is 13.7. The molecule has 4 heterocycles. The number of carbonyl (C=O) groups is 2. The Hall–Kier alpha value is -2.95. The van der Waals surface area contributed by atoms with Crippen molar-refractivity contribution in [3.8, 4) is 0 Å². The largest absolute Gasteiger partial charge is 0.469 e. The monoisotopic (exact) mass is 537 g/mol. The Kier molecular flexibility index (Phi) is 7.24. The molecule has 2 atom stereocenters. The molecule has 37 heavy (non-hydrogen) atoms. The number of hydrogen-bond acceptors (Lipinski definition) is 7. The van der Waals surface area contributed by atoms with Gasteiger partial charge in [-0.05, 0) is 38.2 Å². The molecule has 5 rings (SSSR count). The lowest BCUT2D eigenvalue weighted by atomic mass is 9.85. The summed E-state index contributed by atoms with van der Waals surface area (Å²) >= 11 is 6.07. The first kappa shape index (κ1) is 25.7. The molecule has 3 aliphatic rings. The number of rotatable bonds is 4. The molecule has 0 aromatic carbocycles. The Labute approximate surface area is 218 Å². The fourth-order valence-corrected chi connectivity index (χ4v) is 6.08. The second kappa shape index (κ2) is 10.4. The summed E-state index contributed by atoms with van der Waals surface area (Å²) in [5.74, 6) is 0.210. The smallest absolute Gasteiger partial charge is 0.409 e. The first-order valence-electron chi connectivity index (χ1n) is 12.6. The standard InChI is InChI=1S/C25H30ClF2N5O4/c1-36-24(34)14-5-3-6-15(11-14)33-19-8-10-31(25(35)37-2)13-17(19)23(30-33)32-9-4-7-18-20(32)12-16(22(27)28)21(26)29-18/h12,14-15,22H,3-11,13H2,1-2H3/t14-,15-/m1/s1. The topological polar surface area (TPSA) is 89.8 Å². The first-order chi connectivity index (χ1) is 17.8. The molecule has 0 saturated heterocycles. The zero-order valence-corrected chi connectivity index (χ0v) is 21.6. The van der Waals surface area contributed by atoms with Gasteiger partial charge in [0.2, 0.25) is 0 Å². The lowest BCUT2D eigenvalue weighted by Crippen LogP contribution is -2.37. The van der Waals surface area contributed by atoms with E-state index in [1.165, 1.54) is 20.3 Å². The molecule has 0 radical (unpaired) electrons. The number of nitrogens with zero attached hydrogens (tertiary/aromatic N) is 5. The second-order valence-electron chi connectivity index (χ2n) is 9.77. The summed E-state index contributed by atoms with van der Waals surface area (Å²) in [7, 11) is 2.75. The molecule has 0 spiro atoms. The van der Waals surface area contributed by atoms with Crippen molar-refractivity contribution in [2.45, 2.75) is 64.0 Å². The van der Waals surface area contributed by atoms with Gasteiger partial charge in [-0.2, -0.15) is 5.10 Å². The number of halogens is 3. The van der Waals surface area contributed by atoms with E-state index in [4.69, 9.17) is 26.2 Å². The van der Waals surface area contributed by atoms with E-state index in [0.29, 0.717) is 56.1 Å². The van der Waals surface area contributed by atoms with Crippen molar-refractivity contribution in [3.05, 3.63) is 33.7 Å². The van der Waals surface area contributed by atoms with Gasteiger partial charge in [-0.15, -0.1) is 0 Å². The van der Waals surface area contributed by atoms with Gasteiger partial charge in [0.15, 0.2) is 5.82 Å². The van der Waals surface area contributed by atoms with Gasteiger partial charge < -0.3 is 19.3 Å². The normalized spacial score (nSPS) is 21.5. The summed E-state index contributed by atoms with van der Waals surface area (Å²) < 4.78 is 39.4. The Morgan fingerprint density at radius 1 is 1.14 bits per heavy atom. The number of fused-ring (bicyclic) bond motifs is 2. The molecule has 2 aliphatic heterocycles. The number of ether oxygens (including phenoxy) is 2. The van der Waals surface area contributed by atoms with Crippen LogP contribution >= 0.6 is 11.6 Å². The van der Waals surface area contributed by atoms with Crippen molar-refractivity contribution in [1.29, 1.82) is 0 Å². The molecule has 2 aromatic heterocycles. The van der Waals surface area contributed by atoms with Crippen LogP contribution in [0.3, 0.4) is 0 Å². The van der Waals surface area contributed by atoms with E-state index in [1.807, 2.05) is 9.58 Å². The number of methoxy groups -OCH3 is 2. The van der Waals surface area contributed by atoms with Gasteiger partial charge in [-0.25, -0.2) is 18.6 Å². The summed E-state index contributed by atoms with van der Waals surface area (Å²) in [4.78, 5) is 32.5. The maximum absolute atomic E-state index is 13.7. The molecule has 0 N–H and O–H groups in total. The summed E-state index contributed by atoms with van der Waals surface area (Å²) in [6.07, 6.45) is 1.88. The van der Waals surface area contributed by atoms with Gasteiger partial charge in [-0.3, -0.25) is 9.48 Å². The highest BCUT2D eigenvalue weighted by Gasteiger charge is 2.37. The van der Waals surface area contributed by atoms with Gasteiger partial charge in [-0.1, -0.05) is 18.0 Å². The molecule has 200 valence electrons. The average Bonchev–Trinajstić information content (AvgIpc) is 3.30. The van der Waals surface area contributed by atoms with Gasteiger partial charge in [0.25, 0.3) is 6.43 Å². The van der Waals surface area contributed by atoms with Crippen molar-refractivity contribution >= 4 is 35.2 Å². The van der Waals surface area contributed by atoms with E-state index in [9.17, 15) is 18.4 Å². The molecule has 1 aliphatic carbocycles. The van der Waals surface area contributed by atoms with E-state index < -0.39 is 12.5 Å². The molecule has 0 bridgehead atoms. The molecule has 1 amide bonds. The molecule has 0 unspecified atom stereocenters. The minimum Gasteiger partial charge on any atom is -0.469 e. The Balaban J connectivity index is 1.59. The van der Waals surface area contributed by atoms with E-state index in [1.54, 1.807) is 4.90 Å². The van der Waals surface area contributed by atoms with Crippen molar-refractivity contribution < 1.29 is 27.8 Å². The number of anilines is 2.